The number of carbonyl (C=O) groups excluding carboxylic acids is 1. The molecule has 0 unspecified atom stereocenters. The highest BCUT2D eigenvalue weighted by Gasteiger charge is 2.09. The lowest BCUT2D eigenvalue weighted by Gasteiger charge is -2.11. The lowest BCUT2D eigenvalue weighted by Crippen LogP contribution is -2.20. The summed E-state index contributed by atoms with van der Waals surface area (Å²) >= 11 is 0. The monoisotopic (exact) mass is 431 g/mol. The van der Waals surface area contributed by atoms with Gasteiger partial charge in [0, 0.05) is 24.1 Å². The Bertz CT molecular complexity index is 1190. The first-order valence-corrected chi connectivity index (χ1v) is 9.78. The molecule has 0 atom stereocenters. The minimum Gasteiger partial charge on any atom is -0.493 e. The fraction of sp³-hybridized carbons (Fsp3) is 0.130. The summed E-state index contributed by atoms with van der Waals surface area (Å²) in [5.74, 6) is 2.99. The van der Waals surface area contributed by atoms with Crippen molar-refractivity contribution in [1.29, 1.82) is 0 Å². The Labute approximate surface area is 184 Å². The molecule has 2 aromatic heterocycles. The van der Waals surface area contributed by atoms with Gasteiger partial charge in [-0.05, 0) is 43.3 Å². The standard InChI is InChI=1S/C23H21N5O4/c1-16-25-21(28-12-11-24-15-28)13-23(26-16)32-18-9-7-17(8-10-18)27-22(29)14-31-20-6-4-3-5-19(20)30-2/h3-13,15H,14H2,1-2H3,(H,27,29). The molecule has 0 saturated heterocycles. The van der Waals surface area contributed by atoms with E-state index in [1.165, 1.54) is 0 Å². The molecule has 1 N–H and O–H groups in total. The summed E-state index contributed by atoms with van der Waals surface area (Å²) in [4.78, 5) is 24.9. The summed E-state index contributed by atoms with van der Waals surface area (Å²) < 4.78 is 18.4. The van der Waals surface area contributed by atoms with Crippen molar-refractivity contribution in [3.8, 4) is 28.9 Å². The first kappa shape index (κ1) is 20.9. The number of methoxy groups -OCH3 is 1. The number of hydrogen-bond acceptors (Lipinski definition) is 7. The molecular weight excluding hydrogens is 410 g/mol. The van der Waals surface area contributed by atoms with E-state index < -0.39 is 0 Å². The summed E-state index contributed by atoms with van der Waals surface area (Å²) in [6.07, 6.45) is 5.12. The van der Waals surface area contributed by atoms with E-state index in [1.54, 1.807) is 79.8 Å². The second-order valence-electron chi connectivity index (χ2n) is 6.70. The van der Waals surface area contributed by atoms with E-state index in [9.17, 15) is 4.79 Å². The summed E-state index contributed by atoms with van der Waals surface area (Å²) in [5.41, 5.74) is 0.615. The molecule has 4 aromatic rings. The lowest BCUT2D eigenvalue weighted by molar-refractivity contribution is -0.118. The summed E-state index contributed by atoms with van der Waals surface area (Å²) in [7, 11) is 1.55. The van der Waals surface area contributed by atoms with E-state index in [2.05, 4.69) is 20.3 Å². The van der Waals surface area contributed by atoms with Crippen molar-refractivity contribution in [2.45, 2.75) is 6.92 Å². The average Bonchev–Trinajstić information content (AvgIpc) is 3.34. The number of aryl methyl sites for hydroxylation is 1. The van der Waals surface area contributed by atoms with Crippen LogP contribution in [0, 0.1) is 6.92 Å². The van der Waals surface area contributed by atoms with Crippen molar-refractivity contribution in [3.05, 3.63) is 79.1 Å². The Morgan fingerprint density at radius 1 is 1.06 bits per heavy atom. The number of para-hydroxylation sites is 2. The molecular formula is C23H21N5O4. The molecule has 2 aromatic carbocycles. The van der Waals surface area contributed by atoms with Gasteiger partial charge in [0.05, 0.1) is 7.11 Å². The highest BCUT2D eigenvalue weighted by atomic mass is 16.5. The third-order valence-electron chi connectivity index (χ3n) is 4.36. The van der Waals surface area contributed by atoms with Gasteiger partial charge >= 0.3 is 0 Å². The van der Waals surface area contributed by atoms with E-state index in [4.69, 9.17) is 14.2 Å². The quantitative estimate of drug-likeness (QED) is 0.453. The van der Waals surface area contributed by atoms with Crippen LogP contribution in [0.5, 0.6) is 23.1 Å². The van der Waals surface area contributed by atoms with Crippen LogP contribution < -0.4 is 19.5 Å². The van der Waals surface area contributed by atoms with Crippen LogP contribution in [0.3, 0.4) is 0 Å². The maximum absolute atomic E-state index is 12.2. The highest BCUT2D eigenvalue weighted by Crippen LogP contribution is 2.26. The van der Waals surface area contributed by atoms with Gasteiger partial charge in [-0.25, -0.2) is 9.97 Å². The Morgan fingerprint density at radius 3 is 2.56 bits per heavy atom. The van der Waals surface area contributed by atoms with Crippen molar-refractivity contribution >= 4 is 11.6 Å². The molecule has 0 fully saturated rings. The van der Waals surface area contributed by atoms with Gasteiger partial charge < -0.3 is 19.5 Å². The largest absolute Gasteiger partial charge is 0.493 e. The number of carbonyl (C=O) groups is 1. The number of aromatic nitrogens is 4. The van der Waals surface area contributed by atoms with Gasteiger partial charge in [0.1, 0.15) is 23.7 Å². The maximum atomic E-state index is 12.2. The number of ether oxygens (including phenoxy) is 3. The second-order valence-corrected chi connectivity index (χ2v) is 6.70. The number of imidazole rings is 1. The van der Waals surface area contributed by atoms with E-state index in [0.29, 0.717) is 40.5 Å². The predicted molar refractivity (Wildman–Crippen MR) is 118 cm³/mol. The molecule has 0 aliphatic rings. The molecule has 4 rings (SSSR count). The molecule has 9 nitrogen and oxygen atoms in total. The normalized spacial score (nSPS) is 10.4. The van der Waals surface area contributed by atoms with Gasteiger partial charge in [-0.2, -0.15) is 4.98 Å². The minimum atomic E-state index is -0.291. The Balaban J connectivity index is 1.36. The van der Waals surface area contributed by atoms with E-state index >= 15 is 0 Å². The fourth-order valence-electron chi connectivity index (χ4n) is 2.91. The van der Waals surface area contributed by atoms with Crippen LogP contribution in [0.1, 0.15) is 5.82 Å². The first-order chi connectivity index (χ1) is 15.6. The number of benzene rings is 2. The van der Waals surface area contributed by atoms with Crippen molar-refractivity contribution in [3.63, 3.8) is 0 Å². The molecule has 9 heteroatoms. The number of anilines is 1. The van der Waals surface area contributed by atoms with Gasteiger partial charge in [0.2, 0.25) is 5.88 Å². The molecule has 0 aliphatic heterocycles. The zero-order valence-corrected chi connectivity index (χ0v) is 17.6. The van der Waals surface area contributed by atoms with Crippen molar-refractivity contribution in [2.75, 3.05) is 19.0 Å². The zero-order valence-electron chi connectivity index (χ0n) is 17.6. The highest BCUT2D eigenvalue weighted by molar-refractivity contribution is 5.91. The molecule has 0 aliphatic carbocycles. The Morgan fingerprint density at radius 2 is 1.84 bits per heavy atom. The molecule has 0 saturated carbocycles. The zero-order chi connectivity index (χ0) is 22.3. The maximum Gasteiger partial charge on any atom is 0.262 e. The van der Waals surface area contributed by atoms with Crippen LogP contribution in [0.15, 0.2) is 73.3 Å². The number of amides is 1. The van der Waals surface area contributed by atoms with Crippen LogP contribution in [0.25, 0.3) is 5.82 Å². The number of nitrogens with one attached hydrogen (secondary N) is 1. The molecule has 0 bridgehead atoms. The van der Waals surface area contributed by atoms with Gasteiger partial charge in [0.25, 0.3) is 5.91 Å². The summed E-state index contributed by atoms with van der Waals surface area (Å²) in [6.45, 7) is 1.65. The molecule has 1 amide bonds. The van der Waals surface area contributed by atoms with E-state index in [0.717, 1.165) is 0 Å². The SMILES string of the molecule is COc1ccccc1OCC(=O)Nc1ccc(Oc2cc(-n3ccnc3)nc(C)n2)cc1. The number of nitrogens with zero attached hydrogens (tertiary/aromatic N) is 4. The average molecular weight is 431 g/mol. The Hall–Kier alpha value is -4.40. The summed E-state index contributed by atoms with van der Waals surface area (Å²) in [5, 5.41) is 2.78. The topological polar surface area (TPSA) is 100 Å². The number of hydrogen-bond donors (Lipinski definition) is 1. The van der Waals surface area contributed by atoms with E-state index in [1.807, 2.05) is 12.1 Å². The summed E-state index contributed by atoms with van der Waals surface area (Å²) in [6, 6.07) is 15.8. The molecule has 0 spiro atoms. The van der Waals surface area contributed by atoms with Crippen LogP contribution in [-0.4, -0.2) is 39.1 Å². The second kappa shape index (κ2) is 9.61. The van der Waals surface area contributed by atoms with Crippen LogP contribution in [-0.2, 0) is 4.79 Å². The minimum absolute atomic E-state index is 0.143. The first-order valence-electron chi connectivity index (χ1n) is 9.78. The third kappa shape index (κ3) is 5.20. The molecule has 0 radical (unpaired) electrons. The lowest BCUT2D eigenvalue weighted by atomic mass is 10.3. The van der Waals surface area contributed by atoms with Gasteiger partial charge in [-0.3, -0.25) is 9.36 Å². The molecule has 2 heterocycles. The van der Waals surface area contributed by atoms with Gasteiger partial charge in [-0.15, -0.1) is 0 Å². The van der Waals surface area contributed by atoms with Crippen molar-refractivity contribution < 1.29 is 19.0 Å². The van der Waals surface area contributed by atoms with Crippen LogP contribution in [0.4, 0.5) is 5.69 Å². The van der Waals surface area contributed by atoms with E-state index in [-0.39, 0.29) is 12.5 Å². The molecule has 32 heavy (non-hydrogen) atoms. The predicted octanol–water partition coefficient (Wildman–Crippen LogP) is 3.79. The third-order valence-corrected chi connectivity index (χ3v) is 4.36. The van der Waals surface area contributed by atoms with Crippen LogP contribution in [0.2, 0.25) is 0 Å². The smallest absolute Gasteiger partial charge is 0.262 e. The van der Waals surface area contributed by atoms with Crippen LogP contribution >= 0.6 is 0 Å². The van der Waals surface area contributed by atoms with Gasteiger partial charge in [0.15, 0.2) is 18.1 Å². The number of rotatable bonds is 8. The van der Waals surface area contributed by atoms with Crippen molar-refractivity contribution in [2.24, 2.45) is 0 Å². The molecule has 162 valence electrons. The van der Waals surface area contributed by atoms with Crippen molar-refractivity contribution in [1.82, 2.24) is 19.5 Å². The Kier molecular flexibility index (Phi) is 6.26. The van der Waals surface area contributed by atoms with Gasteiger partial charge in [-0.1, -0.05) is 12.1 Å². The fourth-order valence-corrected chi connectivity index (χ4v) is 2.91.